The van der Waals surface area contributed by atoms with Crippen molar-refractivity contribution in [3.63, 3.8) is 0 Å². The Labute approximate surface area is 141 Å². The Morgan fingerprint density at radius 1 is 1.00 bits per heavy atom. The number of hydrogen-bond donors (Lipinski definition) is 2. The Hall–Kier alpha value is -3.13. The Balaban J connectivity index is 2.03. The van der Waals surface area contributed by atoms with E-state index >= 15 is 0 Å². The van der Waals surface area contributed by atoms with Gasteiger partial charge in [0, 0.05) is 5.69 Å². The van der Waals surface area contributed by atoms with E-state index in [4.69, 9.17) is 5.26 Å². The molecule has 0 aliphatic rings. The van der Waals surface area contributed by atoms with Crippen molar-refractivity contribution >= 4 is 23.2 Å². The summed E-state index contributed by atoms with van der Waals surface area (Å²) < 4.78 is 0. The SMILES string of the molecule is Cc1cc(C)c(NC(=O)CC(=O)Nc2ccccc2C#N)c(C)c1. The third kappa shape index (κ3) is 4.20. The minimum absolute atomic E-state index is 0.313. The van der Waals surface area contributed by atoms with Gasteiger partial charge in [0.25, 0.3) is 0 Å². The van der Waals surface area contributed by atoms with Gasteiger partial charge in [-0.15, -0.1) is 0 Å². The van der Waals surface area contributed by atoms with Gasteiger partial charge >= 0.3 is 0 Å². The van der Waals surface area contributed by atoms with Crippen LogP contribution in [0, 0.1) is 32.1 Å². The summed E-state index contributed by atoms with van der Waals surface area (Å²) in [7, 11) is 0. The summed E-state index contributed by atoms with van der Waals surface area (Å²) in [6.07, 6.45) is -0.313. The first-order valence-corrected chi connectivity index (χ1v) is 7.57. The Morgan fingerprint density at radius 3 is 2.21 bits per heavy atom. The van der Waals surface area contributed by atoms with Gasteiger partial charge in [0.1, 0.15) is 12.5 Å². The number of nitrogens with zero attached hydrogens (tertiary/aromatic N) is 1. The van der Waals surface area contributed by atoms with E-state index in [9.17, 15) is 9.59 Å². The van der Waals surface area contributed by atoms with Crippen molar-refractivity contribution < 1.29 is 9.59 Å². The molecule has 0 atom stereocenters. The van der Waals surface area contributed by atoms with Crippen LogP contribution in [0.25, 0.3) is 0 Å². The minimum atomic E-state index is -0.461. The number of aryl methyl sites for hydroxylation is 3. The lowest BCUT2D eigenvalue weighted by atomic mass is 10.0. The molecule has 0 fully saturated rings. The number of nitriles is 1. The van der Waals surface area contributed by atoms with Crippen LogP contribution >= 0.6 is 0 Å². The molecule has 0 radical (unpaired) electrons. The zero-order valence-corrected chi connectivity index (χ0v) is 13.9. The van der Waals surface area contributed by atoms with Crippen LogP contribution in [0.5, 0.6) is 0 Å². The van der Waals surface area contributed by atoms with Crippen LogP contribution in [0.3, 0.4) is 0 Å². The standard InChI is InChI=1S/C19H19N3O2/c1-12-8-13(2)19(14(3)9-12)22-18(24)10-17(23)21-16-7-5-4-6-15(16)11-20/h4-9H,10H2,1-3H3,(H,21,23)(H,22,24). The van der Waals surface area contributed by atoms with Crippen molar-refractivity contribution in [2.75, 3.05) is 10.6 Å². The molecule has 2 aromatic rings. The maximum atomic E-state index is 12.1. The van der Waals surface area contributed by atoms with Gasteiger partial charge < -0.3 is 10.6 Å². The Morgan fingerprint density at radius 2 is 1.58 bits per heavy atom. The summed E-state index contributed by atoms with van der Waals surface area (Å²) in [6.45, 7) is 5.82. The van der Waals surface area contributed by atoms with Gasteiger partial charge in [0.15, 0.2) is 0 Å². The fraction of sp³-hybridized carbons (Fsp3) is 0.211. The maximum absolute atomic E-state index is 12.1. The molecular formula is C19H19N3O2. The number of benzene rings is 2. The topological polar surface area (TPSA) is 82.0 Å². The molecule has 5 heteroatoms. The molecule has 0 aliphatic carbocycles. The van der Waals surface area contributed by atoms with Crippen LogP contribution in [-0.4, -0.2) is 11.8 Å². The zero-order chi connectivity index (χ0) is 17.7. The second-order valence-corrected chi connectivity index (χ2v) is 5.70. The largest absolute Gasteiger partial charge is 0.325 e. The van der Waals surface area contributed by atoms with Crippen LogP contribution in [0.15, 0.2) is 36.4 Å². The number of carbonyl (C=O) groups excluding carboxylic acids is 2. The maximum Gasteiger partial charge on any atom is 0.233 e. The van der Waals surface area contributed by atoms with E-state index in [2.05, 4.69) is 10.6 Å². The lowest BCUT2D eigenvalue weighted by molar-refractivity contribution is -0.123. The highest BCUT2D eigenvalue weighted by Crippen LogP contribution is 2.22. The third-order valence-corrected chi connectivity index (χ3v) is 3.58. The molecule has 0 spiro atoms. The molecule has 2 N–H and O–H groups in total. The molecule has 0 aromatic heterocycles. The van der Waals surface area contributed by atoms with Gasteiger partial charge in [-0.2, -0.15) is 5.26 Å². The molecule has 0 bridgehead atoms. The van der Waals surface area contributed by atoms with Crippen LogP contribution in [-0.2, 0) is 9.59 Å². The van der Waals surface area contributed by atoms with Crippen molar-refractivity contribution in [1.82, 2.24) is 0 Å². The monoisotopic (exact) mass is 321 g/mol. The second kappa shape index (κ2) is 7.42. The number of para-hydroxylation sites is 1. The smallest absolute Gasteiger partial charge is 0.233 e. The highest BCUT2D eigenvalue weighted by Gasteiger charge is 2.13. The van der Waals surface area contributed by atoms with Crippen molar-refractivity contribution in [2.24, 2.45) is 0 Å². The Kier molecular flexibility index (Phi) is 5.33. The highest BCUT2D eigenvalue weighted by molar-refractivity contribution is 6.08. The van der Waals surface area contributed by atoms with Gasteiger partial charge in [0.05, 0.1) is 11.3 Å². The summed E-state index contributed by atoms with van der Waals surface area (Å²) in [5, 5.41) is 14.4. The van der Waals surface area contributed by atoms with E-state index in [0.29, 0.717) is 11.3 Å². The van der Waals surface area contributed by atoms with Gasteiger partial charge in [-0.25, -0.2) is 0 Å². The summed E-state index contributed by atoms with van der Waals surface area (Å²) in [4.78, 5) is 24.1. The summed E-state index contributed by atoms with van der Waals surface area (Å²) in [5.41, 5.74) is 4.52. The third-order valence-electron chi connectivity index (χ3n) is 3.58. The van der Waals surface area contributed by atoms with E-state index in [1.807, 2.05) is 39.0 Å². The van der Waals surface area contributed by atoms with Crippen molar-refractivity contribution in [2.45, 2.75) is 27.2 Å². The average Bonchev–Trinajstić information content (AvgIpc) is 2.51. The van der Waals surface area contributed by atoms with E-state index in [1.54, 1.807) is 24.3 Å². The zero-order valence-electron chi connectivity index (χ0n) is 13.9. The average molecular weight is 321 g/mol. The molecule has 122 valence electrons. The fourth-order valence-corrected chi connectivity index (χ4v) is 2.59. The number of hydrogen-bond acceptors (Lipinski definition) is 3. The quantitative estimate of drug-likeness (QED) is 0.846. The van der Waals surface area contributed by atoms with Crippen molar-refractivity contribution in [1.29, 1.82) is 5.26 Å². The predicted octanol–water partition coefficient (Wildman–Crippen LogP) is 3.45. The number of rotatable bonds is 4. The minimum Gasteiger partial charge on any atom is -0.325 e. The van der Waals surface area contributed by atoms with Crippen LogP contribution in [0.4, 0.5) is 11.4 Å². The lowest BCUT2D eigenvalue weighted by Crippen LogP contribution is -2.22. The molecule has 24 heavy (non-hydrogen) atoms. The Bertz CT molecular complexity index is 812. The first kappa shape index (κ1) is 17.2. The number of nitrogens with one attached hydrogen (secondary N) is 2. The van der Waals surface area contributed by atoms with E-state index in [0.717, 1.165) is 22.4 Å². The molecular weight excluding hydrogens is 302 g/mol. The molecule has 0 unspecified atom stereocenters. The number of amides is 2. The molecule has 0 saturated carbocycles. The van der Waals surface area contributed by atoms with Gasteiger partial charge in [-0.3, -0.25) is 9.59 Å². The van der Waals surface area contributed by atoms with E-state index in [-0.39, 0.29) is 6.42 Å². The summed E-state index contributed by atoms with van der Waals surface area (Å²) in [5.74, 6) is -0.852. The molecule has 0 heterocycles. The molecule has 2 aromatic carbocycles. The predicted molar refractivity (Wildman–Crippen MR) is 93.7 cm³/mol. The van der Waals surface area contributed by atoms with Gasteiger partial charge in [-0.1, -0.05) is 29.8 Å². The fourth-order valence-electron chi connectivity index (χ4n) is 2.59. The highest BCUT2D eigenvalue weighted by atomic mass is 16.2. The van der Waals surface area contributed by atoms with Gasteiger partial charge in [-0.05, 0) is 44.0 Å². The van der Waals surface area contributed by atoms with Gasteiger partial charge in [0.2, 0.25) is 11.8 Å². The molecule has 5 nitrogen and oxygen atoms in total. The molecule has 2 rings (SSSR count). The first-order valence-electron chi connectivity index (χ1n) is 7.57. The number of anilines is 2. The first-order chi connectivity index (χ1) is 11.4. The van der Waals surface area contributed by atoms with E-state index in [1.165, 1.54) is 0 Å². The van der Waals surface area contributed by atoms with Crippen molar-refractivity contribution in [3.05, 3.63) is 58.7 Å². The summed E-state index contributed by atoms with van der Waals surface area (Å²) in [6, 6.07) is 12.6. The second-order valence-electron chi connectivity index (χ2n) is 5.70. The number of carbonyl (C=O) groups is 2. The van der Waals surface area contributed by atoms with Crippen LogP contribution in [0.1, 0.15) is 28.7 Å². The normalized spacial score (nSPS) is 9.92. The van der Waals surface area contributed by atoms with E-state index < -0.39 is 11.8 Å². The molecule has 0 aliphatic heterocycles. The lowest BCUT2D eigenvalue weighted by Gasteiger charge is -2.13. The van der Waals surface area contributed by atoms with Crippen molar-refractivity contribution in [3.8, 4) is 6.07 Å². The molecule has 0 saturated heterocycles. The summed E-state index contributed by atoms with van der Waals surface area (Å²) >= 11 is 0. The molecule has 2 amide bonds. The van der Waals surface area contributed by atoms with Crippen LogP contribution in [0.2, 0.25) is 0 Å². The van der Waals surface area contributed by atoms with Crippen LogP contribution < -0.4 is 10.6 Å².